The summed E-state index contributed by atoms with van der Waals surface area (Å²) >= 11 is 5.66. The lowest BCUT2D eigenvalue weighted by atomic mass is 9.86. The summed E-state index contributed by atoms with van der Waals surface area (Å²) in [5.41, 5.74) is 5.87. The van der Waals surface area contributed by atoms with Crippen LogP contribution in [-0.4, -0.2) is 13.2 Å². The average Bonchev–Trinajstić information content (AvgIpc) is 3.05. The molecule has 6 heteroatoms. The number of ether oxygens (including phenoxy) is 1. The van der Waals surface area contributed by atoms with Gasteiger partial charge in [0.1, 0.15) is 3.82 Å². The van der Waals surface area contributed by atoms with E-state index in [-0.39, 0.29) is 6.09 Å². The van der Waals surface area contributed by atoms with Crippen molar-refractivity contribution in [3.8, 4) is 22.3 Å². The molecule has 3 aromatic rings. The number of benzene rings is 2. The van der Waals surface area contributed by atoms with Crippen LogP contribution in [0.25, 0.3) is 22.3 Å². The van der Waals surface area contributed by atoms with Crippen molar-refractivity contribution in [3.63, 3.8) is 0 Å². The van der Waals surface area contributed by atoms with Crippen LogP contribution in [0.5, 0.6) is 0 Å². The molecular formula is C21H19NO2S3. The zero-order valence-electron chi connectivity index (χ0n) is 15.5. The molecule has 2 heterocycles. The SMILES string of the molecule is COC(=O)N1c2ccc(-c3ccc(C)cc3)cc2-c2c(ssc2=S)C1(C)C. The Balaban J connectivity index is 1.98. The van der Waals surface area contributed by atoms with E-state index in [0.717, 1.165) is 36.6 Å². The van der Waals surface area contributed by atoms with Crippen molar-refractivity contribution >= 4 is 44.7 Å². The van der Waals surface area contributed by atoms with Gasteiger partial charge >= 0.3 is 6.09 Å². The summed E-state index contributed by atoms with van der Waals surface area (Å²) in [6, 6.07) is 14.6. The van der Waals surface area contributed by atoms with Gasteiger partial charge in [-0.3, -0.25) is 4.90 Å². The first kappa shape index (κ1) is 18.3. The minimum atomic E-state index is -0.515. The Morgan fingerprint density at radius 1 is 1.07 bits per heavy atom. The molecule has 1 aromatic heterocycles. The first-order valence-electron chi connectivity index (χ1n) is 8.58. The summed E-state index contributed by atoms with van der Waals surface area (Å²) in [6.07, 6.45) is -0.362. The van der Waals surface area contributed by atoms with E-state index in [1.807, 2.05) is 19.9 Å². The van der Waals surface area contributed by atoms with Crippen molar-refractivity contribution in [1.82, 2.24) is 0 Å². The molecule has 0 saturated carbocycles. The second-order valence-electron chi connectivity index (χ2n) is 7.12. The minimum absolute atomic E-state index is 0.362. The molecule has 1 amide bonds. The van der Waals surface area contributed by atoms with Gasteiger partial charge in [-0.25, -0.2) is 4.79 Å². The van der Waals surface area contributed by atoms with E-state index in [1.165, 1.54) is 12.7 Å². The van der Waals surface area contributed by atoms with Crippen LogP contribution in [0, 0.1) is 10.7 Å². The van der Waals surface area contributed by atoms with Crippen molar-refractivity contribution in [2.75, 3.05) is 12.0 Å². The number of amides is 1. The third-order valence-electron chi connectivity index (χ3n) is 5.00. The van der Waals surface area contributed by atoms with Crippen LogP contribution < -0.4 is 4.90 Å². The quantitative estimate of drug-likeness (QED) is 0.318. The third-order valence-corrected chi connectivity index (χ3v) is 8.33. The highest BCUT2D eigenvalue weighted by atomic mass is 32.9. The molecule has 2 aromatic carbocycles. The standard InChI is InChI=1S/C21H19NO2S3/c1-12-5-7-13(8-6-12)14-9-10-16-15(11-14)17-18(26-27-19(17)25)21(2,3)22(16)20(23)24-4/h5-11H,1-4H3. The number of aryl methyl sites for hydroxylation is 1. The van der Waals surface area contributed by atoms with Gasteiger partial charge in [0.25, 0.3) is 0 Å². The van der Waals surface area contributed by atoms with Crippen LogP contribution in [0.15, 0.2) is 42.5 Å². The Labute approximate surface area is 171 Å². The van der Waals surface area contributed by atoms with Gasteiger partial charge in [-0.2, -0.15) is 0 Å². The molecule has 4 rings (SSSR count). The van der Waals surface area contributed by atoms with E-state index in [1.54, 1.807) is 25.6 Å². The number of rotatable bonds is 1. The van der Waals surface area contributed by atoms with Crippen LogP contribution in [0.2, 0.25) is 0 Å². The molecule has 27 heavy (non-hydrogen) atoms. The topological polar surface area (TPSA) is 29.5 Å². The summed E-state index contributed by atoms with van der Waals surface area (Å²) in [5, 5.41) is 0. The van der Waals surface area contributed by atoms with Crippen molar-refractivity contribution in [1.29, 1.82) is 0 Å². The first-order valence-corrected chi connectivity index (χ1v) is 11.1. The predicted molar refractivity (Wildman–Crippen MR) is 117 cm³/mol. The summed E-state index contributed by atoms with van der Waals surface area (Å²) < 4.78 is 5.97. The number of carbonyl (C=O) groups is 1. The number of hydrogen-bond donors (Lipinski definition) is 0. The van der Waals surface area contributed by atoms with E-state index in [9.17, 15) is 4.79 Å². The number of carbonyl (C=O) groups excluding carboxylic acids is 1. The van der Waals surface area contributed by atoms with Crippen molar-refractivity contribution in [3.05, 3.63) is 56.7 Å². The van der Waals surface area contributed by atoms with Crippen LogP contribution in [0.4, 0.5) is 10.5 Å². The second kappa shape index (κ2) is 6.55. The molecule has 0 saturated heterocycles. The van der Waals surface area contributed by atoms with Crippen molar-refractivity contribution < 1.29 is 9.53 Å². The Hall–Kier alpha value is -2.02. The van der Waals surface area contributed by atoms with E-state index < -0.39 is 5.54 Å². The molecule has 0 aliphatic carbocycles. The Morgan fingerprint density at radius 3 is 2.41 bits per heavy atom. The summed E-state index contributed by atoms with van der Waals surface area (Å²) in [6.45, 7) is 6.16. The van der Waals surface area contributed by atoms with E-state index in [4.69, 9.17) is 17.0 Å². The minimum Gasteiger partial charge on any atom is -0.452 e. The number of fused-ring (bicyclic) bond motifs is 3. The fraction of sp³-hybridized carbons (Fsp3) is 0.238. The van der Waals surface area contributed by atoms with Gasteiger partial charge in [0, 0.05) is 11.1 Å². The molecule has 1 aliphatic rings. The lowest BCUT2D eigenvalue weighted by Crippen LogP contribution is -2.47. The van der Waals surface area contributed by atoms with Gasteiger partial charge in [-0.1, -0.05) is 68.8 Å². The smallest absolute Gasteiger partial charge is 0.414 e. The Morgan fingerprint density at radius 2 is 1.74 bits per heavy atom. The normalized spacial score (nSPS) is 14.4. The first-order chi connectivity index (χ1) is 12.8. The molecule has 0 N–H and O–H groups in total. The van der Waals surface area contributed by atoms with Crippen molar-refractivity contribution in [2.24, 2.45) is 0 Å². The zero-order valence-corrected chi connectivity index (χ0v) is 18.0. The van der Waals surface area contributed by atoms with Crippen LogP contribution >= 0.6 is 32.9 Å². The molecule has 138 valence electrons. The van der Waals surface area contributed by atoms with Crippen LogP contribution in [-0.2, 0) is 10.3 Å². The van der Waals surface area contributed by atoms with Gasteiger partial charge < -0.3 is 4.74 Å². The largest absolute Gasteiger partial charge is 0.452 e. The monoisotopic (exact) mass is 413 g/mol. The molecule has 0 fully saturated rings. The highest BCUT2D eigenvalue weighted by Crippen LogP contribution is 2.52. The Bertz CT molecular complexity index is 1090. The number of nitrogens with zero attached hydrogens (tertiary/aromatic N) is 1. The summed E-state index contributed by atoms with van der Waals surface area (Å²) in [4.78, 5) is 15.5. The van der Waals surface area contributed by atoms with E-state index in [0.29, 0.717) is 0 Å². The summed E-state index contributed by atoms with van der Waals surface area (Å²) in [5.74, 6) is 0. The van der Waals surface area contributed by atoms with Gasteiger partial charge in [0.05, 0.1) is 23.2 Å². The van der Waals surface area contributed by atoms with Gasteiger partial charge in [0.15, 0.2) is 0 Å². The third kappa shape index (κ3) is 2.83. The van der Waals surface area contributed by atoms with Gasteiger partial charge in [-0.05, 0) is 44.0 Å². The maximum absolute atomic E-state index is 12.6. The summed E-state index contributed by atoms with van der Waals surface area (Å²) in [7, 11) is 4.66. The molecule has 0 atom stereocenters. The van der Waals surface area contributed by atoms with Crippen molar-refractivity contribution in [2.45, 2.75) is 26.3 Å². The van der Waals surface area contributed by atoms with Crippen LogP contribution in [0.1, 0.15) is 24.3 Å². The molecule has 1 aliphatic heterocycles. The lowest BCUT2D eigenvalue weighted by molar-refractivity contribution is 0.171. The Kier molecular flexibility index (Phi) is 4.45. The maximum Gasteiger partial charge on any atom is 0.414 e. The molecule has 0 spiro atoms. The van der Waals surface area contributed by atoms with Gasteiger partial charge in [0.2, 0.25) is 0 Å². The molecular weight excluding hydrogens is 394 g/mol. The zero-order chi connectivity index (χ0) is 19.3. The number of hydrogen-bond acceptors (Lipinski definition) is 5. The molecule has 0 bridgehead atoms. The highest BCUT2D eigenvalue weighted by Gasteiger charge is 2.43. The van der Waals surface area contributed by atoms with E-state index >= 15 is 0 Å². The number of methoxy groups -OCH3 is 1. The average molecular weight is 414 g/mol. The number of anilines is 1. The molecule has 0 radical (unpaired) electrons. The van der Waals surface area contributed by atoms with Gasteiger partial charge in [-0.15, -0.1) is 0 Å². The fourth-order valence-electron chi connectivity index (χ4n) is 3.57. The molecule has 0 unspecified atom stereocenters. The second-order valence-corrected chi connectivity index (χ2v) is 9.94. The lowest BCUT2D eigenvalue weighted by Gasteiger charge is -2.41. The van der Waals surface area contributed by atoms with E-state index in [2.05, 4.69) is 43.3 Å². The van der Waals surface area contributed by atoms with Crippen LogP contribution in [0.3, 0.4) is 0 Å². The molecule has 3 nitrogen and oxygen atoms in total. The maximum atomic E-state index is 12.6. The highest BCUT2D eigenvalue weighted by molar-refractivity contribution is 7.80. The predicted octanol–water partition coefficient (Wildman–Crippen LogP) is 7.00. The fourth-order valence-corrected chi connectivity index (χ4v) is 6.85.